The number of ether oxygens (including phenoxy) is 1. The zero-order valence-corrected chi connectivity index (χ0v) is 21.8. The Morgan fingerprint density at radius 3 is 2.10 bits per heavy atom. The van der Waals surface area contributed by atoms with Crippen molar-refractivity contribution in [2.75, 3.05) is 5.32 Å². The van der Waals surface area contributed by atoms with Gasteiger partial charge < -0.3 is 10.1 Å². The largest absolute Gasteiger partial charge is 0.415 e. The topological polar surface area (TPSA) is 183 Å². The Morgan fingerprint density at radius 1 is 0.786 bits per heavy atom. The van der Waals surface area contributed by atoms with Gasteiger partial charge >= 0.3 is 11.7 Å². The van der Waals surface area contributed by atoms with Crippen LogP contribution in [0.2, 0.25) is 0 Å². The third-order valence-corrected chi connectivity index (χ3v) is 5.78. The molecule has 0 spiro atoms. The third kappa shape index (κ3) is 7.04. The monoisotopic (exact) mass is 567 g/mol. The summed E-state index contributed by atoms with van der Waals surface area (Å²) in [4.78, 5) is 58.6. The SMILES string of the molecule is Cc1cccc(C(=O)Nc2ccc(C(=O)N/N=C/c3cccc([N+](=O)[O-])c3OC(=O)c3ccc([N+](=O)[O-])cc3)cc2)c1. The smallest absolute Gasteiger partial charge is 0.343 e. The lowest BCUT2D eigenvalue weighted by Gasteiger charge is -2.08. The second-order valence-corrected chi connectivity index (χ2v) is 8.75. The summed E-state index contributed by atoms with van der Waals surface area (Å²) >= 11 is 0. The van der Waals surface area contributed by atoms with Crippen LogP contribution in [0.4, 0.5) is 17.1 Å². The van der Waals surface area contributed by atoms with Gasteiger partial charge in [-0.3, -0.25) is 29.8 Å². The van der Waals surface area contributed by atoms with E-state index in [0.29, 0.717) is 11.3 Å². The maximum absolute atomic E-state index is 12.6. The fraction of sp³-hybridized carbons (Fsp3) is 0.0345. The van der Waals surface area contributed by atoms with Gasteiger partial charge in [0.25, 0.3) is 17.5 Å². The Hall–Kier alpha value is -6.24. The number of anilines is 1. The van der Waals surface area contributed by atoms with Crippen LogP contribution in [-0.4, -0.2) is 33.8 Å². The van der Waals surface area contributed by atoms with Gasteiger partial charge in [0.1, 0.15) is 0 Å². The number of para-hydroxylation sites is 1. The fourth-order valence-electron chi connectivity index (χ4n) is 3.69. The molecule has 4 aromatic rings. The molecule has 0 aliphatic heterocycles. The first kappa shape index (κ1) is 28.8. The summed E-state index contributed by atoms with van der Waals surface area (Å²) < 4.78 is 5.26. The van der Waals surface area contributed by atoms with E-state index in [0.717, 1.165) is 42.1 Å². The van der Waals surface area contributed by atoms with Gasteiger partial charge in [-0.15, -0.1) is 0 Å². The van der Waals surface area contributed by atoms with E-state index in [1.807, 2.05) is 13.0 Å². The van der Waals surface area contributed by atoms with E-state index in [4.69, 9.17) is 4.74 Å². The molecule has 0 bridgehead atoms. The van der Waals surface area contributed by atoms with E-state index >= 15 is 0 Å². The number of carbonyl (C=O) groups is 3. The molecule has 2 N–H and O–H groups in total. The van der Waals surface area contributed by atoms with Gasteiger partial charge in [0.2, 0.25) is 5.75 Å². The number of benzene rings is 4. The van der Waals surface area contributed by atoms with Gasteiger partial charge in [0.05, 0.1) is 21.6 Å². The molecule has 0 unspecified atom stereocenters. The van der Waals surface area contributed by atoms with E-state index in [1.165, 1.54) is 24.3 Å². The number of nitro benzene ring substituents is 2. The Morgan fingerprint density at radius 2 is 1.45 bits per heavy atom. The van der Waals surface area contributed by atoms with Crippen LogP contribution in [0.1, 0.15) is 42.2 Å². The number of nitrogens with one attached hydrogen (secondary N) is 2. The van der Waals surface area contributed by atoms with E-state index in [-0.39, 0.29) is 28.3 Å². The first-order valence-electron chi connectivity index (χ1n) is 12.2. The fourth-order valence-corrected chi connectivity index (χ4v) is 3.69. The van der Waals surface area contributed by atoms with Crippen LogP contribution in [0.15, 0.2) is 96.1 Å². The minimum atomic E-state index is -0.993. The van der Waals surface area contributed by atoms with Crippen LogP contribution in [0.3, 0.4) is 0 Å². The van der Waals surface area contributed by atoms with Crippen molar-refractivity contribution in [2.24, 2.45) is 5.10 Å². The summed E-state index contributed by atoms with van der Waals surface area (Å²) in [5, 5.41) is 29.0. The average Bonchev–Trinajstić information content (AvgIpc) is 2.98. The molecule has 0 heterocycles. The molecule has 0 radical (unpaired) electrons. The molecule has 13 nitrogen and oxygen atoms in total. The maximum atomic E-state index is 12.6. The van der Waals surface area contributed by atoms with E-state index < -0.39 is 33.2 Å². The van der Waals surface area contributed by atoms with Gasteiger partial charge in [0.15, 0.2) is 0 Å². The molecule has 0 aliphatic rings. The lowest BCUT2D eigenvalue weighted by molar-refractivity contribution is -0.385. The molecule has 0 saturated carbocycles. The number of nitrogens with zero attached hydrogens (tertiary/aromatic N) is 3. The molecule has 2 amide bonds. The van der Waals surface area contributed by atoms with Crippen molar-refractivity contribution < 1.29 is 29.0 Å². The van der Waals surface area contributed by atoms with Gasteiger partial charge in [-0.2, -0.15) is 5.10 Å². The molecule has 0 atom stereocenters. The minimum absolute atomic E-state index is 0.00831. The second kappa shape index (κ2) is 12.7. The van der Waals surface area contributed by atoms with Crippen LogP contribution in [0, 0.1) is 27.2 Å². The molecule has 4 aromatic carbocycles. The van der Waals surface area contributed by atoms with Crippen molar-refractivity contribution in [3.8, 4) is 5.75 Å². The number of nitro groups is 2. The standard InChI is InChI=1S/C29H21N5O8/c1-18-4-2-5-21(16-18)27(35)31-23-12-8-19(9-13-23)28(36)32-30-17-22-6-3-7-25(34(40)41)26(22)42-29(37)20-10-14-24(15-11-20)33(38)39/h2-17H,1H3,(H,31,35)(H,32,36)/b30-17+. The van der Waals surface area contributed by atoms with Crippen molar-refractivity contribution in [2.45, 2.75) is 6.92 Å². The van der Waals surface area contributed by atoms with Crippen molar-refractivity contribution in [1.29, 1.82) is 0 Å². The van der Waals surface area contributed by atoms with Crippen molar-refractivity contribution in [3.63, 3.8) is 0 Å². The van der Waals surface area contributed by atoms with Gasteiger partial charge in [-0.1, -0.05) is 23.8 Å². The minimum Gasteiger partial charge on any atom is -0.415 e. The number of aryl methyl sites for hydroxylation is 1. The van der Waals surface area contributed by atoms with Crippen LogP contribution in [0.5, 0.6) is 5.75 Å². The number of non-ortho nitro benzene ring substituents is 1. The summed E-state index contributed by atoms with van der Waals surface area (Å²) in [6.45, 7) is 1.88. The Bertz CT molecular complexity index is 1720. The summed E-state index contributed by atoms with van der Waals surface area (Å²) in [5.74, 6) is -2.34. The number of amides is 2. The number of hydrogen-bond acceptors (Lipinski definition) is 9. The van der Waals surface area contributed by atoms with Crippen LogP contribution in [0.25, 0.3) is 0 Å². The lowest BCUT2D eigenvalue weighted by atomic mass is 10.1. The van der Waals surface area contributed by atoms with Crippen molar-refractivity contribution >= 4 is 41.1 Å². The number of hydrogen-bond donors (Lipinski definition) is 2. The Labute approximate surface area is 237 Å². The highest BCUT2D eigenvalue weighted by Gasteiger charge is 2.22. The molecule has 0 fully saturated rings. The number of rotatable bonds is 9. The lowest BCUT2D eigenvalue weighted by Crippen LogP contribution is -2.18. The molecule has 13 heteroatoms. The van der Waals surface area contributed by atoms with E-state index in [9.17, 15) is 34.6 Å². The van der Waals surface area contributed by atoms with Crippen molar-refractivity contribution in [3.05, 3.63) is 139 Å². The normalized spacial score (nSPS) is 10.6. The summed E-state index contributed by atoms with van der Waals surface area (Å²) in [5.41, 5.74) is 3.55. The van der Waals surface area contributed by atoms with Gasteiger partial charge in [-0.05, 0) is 61.5 Å². The molecule has 42 heavy (non-hydrogen) atoms. The van der Waals surface area contributed by atoms with Crippen LogP contribution in [-0.2, 0) is 0 Å². The number of esters is 1. The Balaban J connectivity index is 1.44. The van der Waals surface area contributed by atoms with E-state index in [2.05, 4.69) is 15.8 Å². The first-order valence-corrected chi connectivity index (χ1v) is 12.2. The number of carbonyl (C=O) groups excluding carboxylic acids is 3. The van der Waals surface area contributed by atoms with Gasteiger partial charge in [-0.25, -0.2) is 10.2 Å². The highest BCUT2D eigenvalue weighted by molar-refractivity contribution is 6.04. The quantitative estimate of drug-likeness (QED) is 0.0925. The van der Waals surface area contributed by atoms with Gasteiger partial charge in [0, 0.05) is 40.6 Å². The third-order valence-electron chi connectivity index (χ3n) is 5.78. The van der Waals surface area contributed by atoms with E-state index in [1.54, 1.807) is 30.3 Å². The predicted molar refractivity (Wildman–Crippen MR) is 152 cm³/mol. The predicted octanol–water partition coefficient (Wildman–Crippen LogP) is 5.05. The highest BCUT2D eigenvalue weighted by Crippen LogP contribution is 2.31. The zero-order chi connectivity index (χ0) is 30.2. The molecule has 0 aliphatic carbocycles. The molecule has 0 aromatic heterocycles. The zero-order valence-electron chi connectivity index (χ0n) is 21.8. The molecular weight excluding hydrogens is 546 g/mol. The van der Waals surface area contributed by atoms with Crippen molar-refractivity contribution in [1.82, 2.24) is 5.43 Å². The molecule has 210 valence electrons. The maximum Gasteiger partial charge on any atom is 0.343 e. The van der Waals surface area contributed by atoms with Crippen LogP contribution >= 0.6 is 0 Å². The highest BCUT2D eigenvalue weighted by atomic mass is 16.6. The first-order chi connectivity index (χ1) is 20.1. The molecule has 0 saturated heterocycles. The molecular formula is C29H21N5O8. The summed E-state index contributed by atoms with van der Waals surface area (Å²) in [6.07, 6.45) is 1.07. The summed E-state index contributed by atoms with van der Waals surface area (Å²) in [6, 6.07) is 21.5. The summed E-state index contributed by atoms with van der Waals surface area (Å²) in [7, 11) is 0. The second-order valence-electron chi connectivity index (χ2n) is 8.75. The average molecular weight is 568 g/mol. The van der Waals surface area contributed by atoms with Crippen LogP contribution < -0.4 is 15.5 Å². The number of hydrazone groups is 1. The molecule has 4 rings (SSSR count). The Kier molecular flexibility index (Phi) is 8.73.